The molecule has 3 nitrogen and oxygen atoms in total. The summed E-state index contributed by atoms with van der Waals surface area (Å²) in [6.45, 7) is 8.86. The Morgan fingerprint density at radius 3 is 2.56 bits per heavy atom. The zero-order valence-electron chi connectivity index (χ0n) is 12.7. The number of rotatable bonds is 3. The highest BCUT2D eigenvalue weighted by molar-refractivity contribution is 5.67. The Morgan fingerprint density at radius 1 is 1.33 bits per heavy atom. The second-order valence-corrected chi connectivity index (χ2v) is 6.83. The van der Waals surface area contributed by atoms with Crippen molar-refractivity contribution in [1.29, 1.82) is 0 Å². The van der Waals surface area contributed by atoms with E-state index in [-0.39, 0.29) is 6.09 Å². The maximum absolute atomic E-state index is 11.8. The van der Waals surface area contributed by atoms with Gasteiger partial charge in [0.15, 0.2) is 0 Å². The molecule has 18 heavy (non-hydrogen) atoms. The van der Waals surface area contributed by atoms with E-state index < -0.39 is 5.60 Å². The van der Waals surface area contributed by atoms with Crippen LogP contribution in [-0.2, 0) is 4.74 Å². The average Bonchev–Trinajstić information content (AvgIpc) is 2.23. The minimum absolute atomic E-state index is 0.202. The van der Waals surface area contributed by atoms with Gasteiger partial charge >= 0.3 is 6.09 Å². The van der Waals surface area contributed by atoms with Gasteiger partial charge in [0.2, 0.25) is 0 Å². The number of ether oxygens (including phenoxy) is 1. The molecular formula is C15H29NO2. The SMILES string of the molecule is C[C@H]1CCCC(CCN(C)C(=O)OC(C)(C)C)C1. The van der Waals surface area contributed by atoms with Gasteiger partial charge in [0.1, 0.15) is 5.60 Å². The lowest BCUT2D eigenvalue weighted by atomic mass is 9.81. The summed E-state index contributed by atoms with van der Waals surface area (Å²) in [4.78, 5) is 13.5. The Labute approximate surface area is 112 Å². The highest BCUT2D eigenvalue weighted by Gasteiger charge is 2.22. The van der Waals surface area contributed by atoms with Crippen LogP contribution in [0.3, 0.4) is 0 Å². The van der Waals surface area contributed by atoms with E-state index in [9.17, 15) is 4.79 Å². The van der Waals surface area contributed by atoms with Gasteiger partial charge in [-0.2, -0.15) is 0 Å². The van der Waals surface area contributed by atoms with E-state index in [1.54, 1.807) is 4.90 Å². The lowest BCUT2D eigenvalue weighted by Crippen LogP contribution is -2.35. The maximum Gasteiger partial charge on any atom is 0.410 e. The molecule has 0 aliphatic heterocycles. The summed E-state index contributed by atoms with van der Waals surface area (Å²) in [7, 11) is 1.83. The van der Waals surface area contributed by atoms with Gasteiger partial charge in [0, 0.05) is 13.6 Å². The van der Waals surface area contributed by atoms with Crippen molar-refractivity contribution >= 4 is 6.09 Å². The molecule has 0 aromatic heterocycles. The predicted octanol–water partition coefficient (Wildman–Crippen LogP) is 4.07. The Morgan fingerprint density at radius 2 is 2.00 bits per heavy atom. The molecule has 1 unspecified atom stereocenters. The molecule has 0 spiro atoms. The molecular weight excluding hydrogens is 226 g/mol. The summed E-state index contributed by atoms with van der Waals surface area (Å²) in [6, 6.07) is 0. The van der Waals surface area contributed by atoms with Crippen molar-refractivity contribution in [2.75, 3.05) is 13.6 Å². The topological polar surface area (TPSA) is 29.5 Å². The molecule has 0 aromatic carbocycles. The lowest BCUT2D eigenvalue weighted by Gasteiger charge is -2.29. The van der Waals surface area contributed by atoms with Gasteiger partial charge < -0.3 is 9.64 Å². The average molecular weight is 255 g/mol. The summed E-state index contributed by atoms with van der Waals surface area (Å²) < 4.78 is 5.35. The fourth-order valence-corrected chi connectivity index (χ4v) is 2.63. The number of nitrogens with zero attached hydrogens (tertiary/aromatic N) is 1. The van der Waals surface area contributed by atoms with Crippen LogP contribution >= 0.6 is 0 Å². The van der Waals surface area contributed by atoms with Gasteiger partial charge in [-0.1, -0.05) is 26.2 Å². The summed E-state index contributed by atoms with van der Waals surface area (Å²) in [5, 5.41) is 0. The summed E-state index contributed by atoms with van der Waals surface area (Å²) in [5.74, 6) is 1.65. The molecule has 0 N–H and O–H groups in total. The van der Waals surface area contributed by atoms with Crippen molar-refractivity contribution in [3.63, 3.8) is 0 Å². The fraction of sp³-hybridized carbons (Fsp3) is 0.933. The molecule has 1 fully saturated rings. The molecule has 0 aromatic rings. The quantitative estimate of drug-likeness (QED) is 0.760. The largest absolute Gasteiger partial charge is 0.444 e. The summed E-state index contributed by atoms with van der Waals surface area (Å²) in [5.41, 5.74) is -0.398. The zero-order valence-corrected chi connectivity index (χ0v) is 12.7. The summed E-state index contributed by atoms with van der Waals surface area (Å²) in [6.07, 6.45) is 6.28. The standard InChI is InChI=1S/C15H29NO2/c1-12-7-6-8-13(11-12)9-10-16(5)14(17)18-15(2,3)4/h12-13H,6-11H2,1-5H3/t12-,13?/m0/s1. The molecule has 1 aliphatic carbocycles. The van der Waals surface area contributed by atoms with Crippen LogP contribution in [0, 0.1) is 11.8 Å². The van der Waals surface area contributed by atoms with Crippen molar-refractivity contribution in [3.8, 4) is 0 Å². The fourth-order valence-electron chi connectivity index (χ4n) is 2.63. The van der Waals surface area contributed by atoms with E-state index >= 15 is 0 Å². The first kappa shape index (κ1) is 15.3. The van der Waals surface area contributed by atoms with Crippen molar-refractivity contribution < 1.29 is 9.53 Å². The summed E-state index contributed by atoms with van der Waals surface area (Å²) >= 11 is 0. The third-order valence-corrected chi connectivity index (χ3v) is 3.62. The van der Waals surface area contributed by atoms with Crippen LogP contribution in [0.4, 0.5) is 4.79 Å². The van der Waals surface area contributed by atoms with E-state index in [4.69, 9.17) is 4.74 Å². The van der Waals surface area contributed by atoms with E-state index in [1.807, 2.05) is 27.8 Å². The zero-order chi connectivity index (χ0) is 13.8. The van der Waals surface area contributed by atoms with Gasteiger partial charge in [-0.15, -0.1) is 0 Å². The van der Waals surface area contributed by atoms with Crippen molar-refractivity contribution in [1.82, 2.24) is 4.90 Å². The van der Waals surface area contributed by atoms with E-state index in [1.165, 1.54) is 25.7 Å². The number of hydrogen-bond donors (Lipinski definition) is 0. The van der Waals surface area contributed by atoms with Crippen LogP contribution in [0.15, 0.2) is 0 Å². The first-order chi connectivity index (χ1) is 8.28. The molecule has 1 amide bonds. The highest BCUT2D eigenvalue weighted by Crippen LogP contribution is 2.30. The molecule has 0 bridgehead atoms. The molecule has 3 heteroatoms. The second-order valence-electron chi connectivity index (χ2n) is 6.83. The number of hydrogen-bond acceptors (Lipinski definition) is 2. The molecule has 1 saturated carbocycles. The highest BCUT2D eigenvalue weighted by atomic mass is 16.6. The molecule has 0 radical (unpaired) electrons. The Bertz CT molecular complexity index is 270. The third-order valence-electron chi connectivity index (χ3n) is 3.62. The predicted molar refractivity (Wildman–Crippen MR) is 74.6 cm³/mol. The molecule has 0 saturated heterocycles. The van der Waals surface area contributed by atoms with Crippen LogP contribution in [0.5, 0.6) is 0 Å². The van der Waals surface area contributed by atoms with Crippen LogP contribution in [0.25, 0.3) is 0 Å². The molecule has 0 heterocycles. The van der Waals surface area contributed by atoms with Gasteiger partial charge in [0.25, 0.3) is 0 Å². The van der Waals surface area contributed by atoms with E-state index in [0.29, 0.717) is 0 Å². The minimum Gasteiger partial charge on any atom is -0.444 e. The molecule has 1 aliphatic rings. The maximum atomic E-state index is 11.8. The first-order valence-corrected chi connectivity index (χ1v) is 7.22. The van der Waals surface area contributed by atoms with Crippen LogP contribution in [0.2, 0.25) is 0 Å². The van der Waals surface area contributed by atoms with Crippen LogP contribution in [-0.4, -0.2) is 30.2 Å². The van der Waals surface area contributed by atoms with E-state index in [2.05, 4.69) is 6.92 Å². The van der Waals surface area contributed by atoms with Crippen LogP contribution in [0.1, 0.15) is 59.8 Å². The smallest absolute Gasteiger partial charge is 0.410 e. The van der Waals surface area contributed by atoms with Gasteiger partial charge in [-0.3, -0.25) is 0 Å². The molecule has 106 valence electrons. The van der Waals surface area contributed by atoms with Crippen molar-refractivity contribution in [2.24, 2.45) is 11.8 Å². The van der Waals surface area contributed by atoms with Gasteiger partial charge in [-0.05, 0) is 45.4 Å². The van der Waals surface area contributed by atoms with E-state index in [0.717, 1.165) is 24.8 Å². The van der Waals surface area contributed by atoms with Crippen molar-refractivity contribution in [2.45, 2.75) is 65.4 Å². The minimum atomic E-state index is -0.398. The Hall–Kier alpha value is -0.730. The number of carbonyl (C=O) groups excluding carboxylic acids is 1. The van der Waals surface area contributed by atoms with Crippen LogP contribution < -0.4 is 0 Å². The van der Waals surface area contributed by atoms with Gasteiger partial charge in [0.05, 0.1) is 0 Å². The molecule has 2 atom stereocenters. The third kappa shape index (κ3) is 5.74. The normalized spacial score (nSPS) is 24.7. The molecule has 1 rings (SSSR count). The first-order valence-electron chi connectivity index (χ1n) is 7.22. The lowest BCUT2D eigenvalue weighted by molar-refractivity contribution is 0.0286. The number of carbonyl (C=O) groups is 1. The monoisotopic (exact) mass is 255 g/mol. The Kier molecular flexibility index (Phi) is 5.48. The second kappa shape index (κ2) is 6.44. The van der Waals surface area contributed by atoms with Crippen molar-refractivity contribution in [3.05, 3.63) is 0 Å². The number of amides is 1. The van der Waals surface area contributed by atoms with Gasteiger partial charge in [-0.25, -0.2) is 4.79 Å². The Balaban J connectivity index is 2.27.